The van der Waals surface area contributed by atoms with Crippen molar-refractivity contribution in [2.45, 2.75) is 32.0 Å². The standard InChI is InChI=1S/C19H29N5O3/c1-2-21-19(26)17-10-16(13-24(17)12-15-4-3-5-20-11-15)22-18(25)14-23-6-8-27-9-7-23/h3-5,11,16-17H,2,6-10,12-14H2,1H3,(H,21,26)(H,22,25)/t16-,17-/m0/s1. The summed E-state index contributed by atoms with van der Waals surface area (Å²) in [5.74, 6) is 0.0334. The number of carbonyl (C=O) groups excluding carboxylic acids is 2. The Morgan fingerprint density at radius 1 is 1.33 bits per heavy atom. The van der Waals surface area contributed by atoms with Crippen molar-refractivity contribution < 1.29 is 14.3 Å². The second-order valence-corrected chi connectivity index (χ2v) is 7.09. The molecule has 1 aromatic heterocycles. The summed E-state index contributed by atoms with van der Waals surface area (Å²) < 4.78 is 5.32. The zero-order chi connectivity index (χ0) is 19.1. The van der Waals surface area contributed by atoms with Crippen LogP contribution in [-0.4, -0.2) is 84.6 Å². The molecule has 2 N–H and O–H groups in total. The molecule has 1 aromatic rings. The van der Waals surface area contributed by atoms with Gasteiger partial charge in [0, 0.05) is 51.2 Å². The number of pyridine rings is 1. The first-order valence-electron chi connectivity index (χ1n) is 9.66. The Balaban J connectivity index is 1.57. The van der Waals surface area contributed by atoms with Crippen molar-refractivity contribution in [1.29, 1.82) is 0 Å². The maximum Gasteiger partial charge on any atom is 0.237 e. The number of morpholine rings is 1. The monoisotopic (exact) mass is 375 g/mol. The molecule has 0 radical (unpaired) electrons. The van der Waals surface area contributed by atoms with E-state index < -0.39 is 0 Å². The molecule has 3 rings (SSSR count). The first-order valence-corrected chi connectivity index (χ1v) is 9.66. The highest BCUT2D eigenvalue weighted by Gasteiger charge is 2.37. The Bertz CT molecular complexity index is 621. The van der Waals surface area contributed by atoms with Crippen LogP contribution in [0, 0.1) is 0 Å². The van der Waals surface area contributed by atoms with Gasteiger partial charge in [-0.25, -0.2) is 0 Å². The summed E-state index contributed by atoms with van der Waals surface area (Å²) in [6.45, 7) is 7.12. The molecule has 8 nitrogen and oxygen atoms in total. The van der Waals surface area contributed by atoms with Gasteiger partial charge in [-0.05, 0) is 25.0 Å². The molecule has 2 saturated heterocycles. The average molecular weight is 375 g/mol. The number of hydrogen-bond acceptors (Lipinski definition) is 6. The predicted octanol–water partition coefficient (Wildman–Crippen LogP) is -0.391. The molecule has 0 bridgehead atoms. The van der Waals surface area contributed by atoms with E-state index in [1.54, 1.807) is 6.20 Å². The molecule has 2 aliphatic rings. The number of hydrogen-bond donors (Lipinski definition) is 2. The van der Waals surface area contributed by atoms with Gasteiger partial charge in [0.2, 0.25) is 11.8 Å². The van der Waals surface area contributed by atoms with Crippen molar-refractivity contribution in [3.63, 3.8) is 0 Å². The maximum atomic E-state index is 12.5. The Morgan fingerprint density at radius 2 is 2.15 bits per heavy atom. The number of nitrogens with one attached hydrogen (secondary N) is 2. The lowest BCUT2D eigenvalue weighted by atomic mass is 10.1. The van der Waals surface area contributed by atoms with E-state index in [-0.39, 0.29) is 23.9 Å². The van der Waals surface area contributed by atoms with Gasteiger partial charge < -0.3 is 15.4 Å². The van der Waals surface area contributed by atoms with E-state index in [1.807, 2.05) is 25.3 Å². The van der Waals surface area contributed by atoms with Crippen LogP contribution in [0.2, 0.25) is 0 Å². The minimum atomic E-state index is -0.237. The van der Waals surface area contributed by atoms with E-state index in [0.29, 0.717) is 45.8 Å². The molecular weight excluding hydrogens is 346 g/mol. The van der Waals surface area contributed by atoms with Crippen LogP contribution < -0.4 is 10.6 Å². The smallest absolute Gasteiger partial charge is 0.237 e. The van der Waals surface area contributed by atoms with E-state index in [2.05, 4.69) is 25.4 Å². The molecule has 2 amide bonds. The lowest BCUT2D eigenvalue weighted by Gasteiger charge is -2.26. The molecule has 8 heteroatoms. The Morgan fingerprint density at radius 3 is 2.85 bits per heavy atom. The van der Waals surface area contributed by atoms with Crippen molar-refractivity contribution >= 4 is 11.8 Å². The zero-order valence-corrected chi connectivity index (χ0v) is 15.9. The van der Waals surface area contributed by atoms with Gasteiger partial charge in [0.15, 0.2) is 0 Å². The van der Waals surface area contributed by atoms with Crippen molar-refractivity contribution in [2.24, 2.45) is 0 Å². The number of ether oxygens (including phenoxy) is 1. The first kappa shape index (κ1) is 19.7. The first-order chi connectivity index (χ1) is 13.2. The van der Waals surface area contributed by atoms with Gasteiger partial charge >= 0.3 is 0 Å². The highest BCUT2D eigenvalue weighted by Crippen LogP contribution is 2.21. The van der Waals surface area contributed by atoms with Crippen molar-refractivity contribution in [1.82, 2.24) is 25.4 Å². The van der Waals surface area contributed by atoms with Gasteiger partial charge in [0.25, 0.3) is 0 Å². The SMILES string of the molecule is CCNC(=O)[C@@H]1C[C@H](NC(=O)CN2CCOCC2)CN1Cc1cccnc1. The molecule has 27 heavy (non-hydrogen) atoms. The third kappa shape index (κ3) is 5.72. The Kier molecular flexibility index (Phi) is 7.14. The number of aromatic nitrogens is 1. The van der Waals surface area contributed by atoms with Gasteiger partial charge in [-0.15, -0.1) is 0 Å². The molecule has 0 saturated carbocycles. The molecule has 2 fully saturated rings. The number of likely N-dealkylation sites (N-methyl/N-ethyl adjacent to an activating group) is 1. The summed E-state index contributed by atoms with van der Waals surface area (Å²) >= 11 is 0. The molecule has 2 atom stereocenters. The lowest BCUT2D eigenvalue weighted by molar-refractivity contribution is -0.126. The number of nitrogens with zero attached hydrogens (tertiary/aromatic N) is 3. The zero-order valence-electron chi connectivity index (χ0n) is 15.9. The van der Waals surface area contributed by atoms with Gasteiger partial charge in [-0.1, -0.05) is 6.07 Å². The van der Waals surface area contributed by atoms with Crippen LogP contribution in [-0.2, 0) is 20.9 Å². The fourth-order valence-electron chi connectivity index (χ4n) is 3.71. The van der Waals surface area contributed by atoms with E-state index in [4.69, 9.17) is 4.74 Å². The summed E-state index contributed by atoms with van der Waals surface area (Å²) in [7, 11) is 0. The number of amides is 2. The molecular formula is C19H29N5O3. The minimum absolute atomic E-state index is 0.0137. The van der Waals surface area contributed by atoms with Crippen LogP contribution in [0.3, 0.4) is 0 Å². The Labute approximate surface area is 160 Å². The average Bonchev–Trinajstić information content (AvgIpc) is 3.05. The van der Waals surface area contributed by atoms with Gasteiger partial charge in [-0.3, -0.25) is 24.4 Å². The van der Waals surface area contributed by atoms with Crippen LogP contribution in [0.25, 0.3) is 0 Å². The van der Waals surface area contributed by atoms with Crippen LogP contribution in [0.1, 0.15) is 18.9 Å². The van der Waals surface area contributed by atoms with Gasteiger partial charge in [-0.2, -0.15) is 0 Å². The number of carbonyl (C=O) groups is 2. The summed E-state index contributed by atoms with van der Waals surface area (Å²) in [5.41, 5.74) is 1.06. The van der Waals surface area contributed by atoms with Crippen LogP contribution in [0.15, 0.2) is 24.5 Å². The number of likely N-dealkylation sites (tertiary alicyclic amines) is 1. The fourth-order valence-corrected chi connectivity index (χ4v) is 3.71. The molecule has 0 aliphatic carbocycles. The van der Waals surface area contributed by atoms with Crippen LogP contribution in [0.4, 0.5) is 0 Å². The van der Waals surface area contributed by atoms with Gasteiger partial charge in [0.05, 0.1) is 25.8 Å². The van der Waals surface area contributed by atoms with Gasteiger partial charge in [0.1, 0.15) is 0 Å². The summed E-state index contributed by atoms with van der Waals surface area (Å²) in [4.78, 5) is 33.3. The number of rotatable bonds is 7. The van der Waals surface area contributed by atoms with E-state index >= 15 is 0 Å². The van der Waals surface area contributed by atoms with E-state index in [0.717, 1.165) is 18.7 Å². The second kappa shape index (κ2) is 9.77. The fraction of sp³-hybridized carbons (Fsp3) is 0.632. The normalized spacial score (nSPS) is 23.9. The molecule has 2 aliphatic heterocycles. The van der Waals surface area contributed by atoms with E-state index in [9.17, 15) is 9.59 Å². The third-order valence-corrected chi connectivity index (χ3v) is 5.00. The van der Waals surface area contributed by atoms with Crippen LogP contribution in [0.5, 0.6) is 0 Å². The highest BCUT2D eigenvalue weighted by molar-refractivity contribution is 5.83. The third-order valence-electron chi connectivity index (χ3n) is 5.00. The van der Waals surface area contributed by atoms with Crippen molar-refractivity contribution in [3.05, 3.63) is 30.1 Å². The second-order valence-electron chi connectivity index (χ2n) is 7.09. The van der Waals surface area contributed by atoms with E-state index in [1.165, 1.54) is 0 Å². The van der Waals surface area contributed by atoms with Crippen molar-refractivity contribution in [2.75, 3.05) is 45.9 Å². The maximum absolute atomic E-state index is 12.5. The van der Waals surface area contributed by atoms with Crippen LogP contribution >= 0.6 is 0 Å². The lowest BCUT2D eigenvalue weighted by Crippen LogP contribution is -2.46. The van der Waals surface area contributed by atoms with Crippen molar-refractivity contribution in [3.8, 4) is 0 Å². The molecule has 0 aromatic carbocycles. The summed E-state index contributed by atoms with van der Waals surface area (Å²) in [6.07, 6.45) is 4.18. The quantitative estimate of drug-likeness (QED) is 0.675. The summed E-state index contributed by atoms with van der Waals surface area (Å²) in [6, 6.07) is 3.64. The minimum Gasteiger partial charge on any atom is -0.379 e. The summed E-state index contributed by atoms with van der Waals surface area (Å²) in [5, 5.41) is 6.02. The molecule has 0 unspecified atom stereocenters. The topological polar surface area (TPSA) is 86.8 Å². The predicted molar refractivity (Wildman–Crippen MR) is 101 cm³/mol. The molecule has 148 valence electrons. The molecule has 3 heterocycles. The Hall–Kier alpha value is -2.03. The highest BCUT2D eigenvalue weighted by atomic mass is 16.5. The molecule has 0 spiro atoms. The largest absolute Gasteiger partial charge is 0.379 e.